The minimum Gasteiger partial charge on any atom is -0.491 e. The summed E-state index contributed by atoms with van der Waals surface area (Å²) in [4.78, 5) is 26.2. The predicted molar refractivity (Wildman–Crippen MR) is 198 cm³/mol. The summed E-state index contributed by atoms with van der Waals surface area (Å²) in [5, 5.41) is 43.4. The van der Waals surface area contributed by atoms with Gasteiger partial charge in [-0.2, -0.15) is 13.2 Å². The molecule has 4 N–H and O–H groups in total. The Hall–Kier alpha value is -3.29. The van der Waals surface area contributed by atoms with E-state index in [9.17, 15) is 43.2 Å². The maximum Gasteiger partial charge on any atom is 0.416 e. The second-order valence-corrected chi connectivity index (χ2v) is 16.8. The second kappa shape index (κ2) is 15.9. The molecule has 12 heteroatoms. The van der Waals surface area contributed by atoms with Gasteiger partial charge in [0.25, 0.3) is 0 Å². The molecule has 1 aromatic carbocycles. The van der Waals surface area contributed by atoms with Crippen molar-refractivity contribution in [1.82, 2.24) is 0 Å². The van der Waals surface area contributed by atoms with E-state index in [1.165, 1.54) is 29.4 Å². The molecule has 9 nitrogen and oxygen atoms in total. The molecule has 6 rings (SSSR count). The van der Waals surface area contributed by atoms with Crippen LogP contribution in [0.25, 0.3) is 0 Å². The van der Waals surface area contributed by atoms with Crippen LogP contribution < -0.4 is 4.74 Å². The van der Waals surface area contributed by atoms with Crippen LogP contribution in [0.1, 0.15) is 90.5 Å². The normalized spacial score (nSPS) is 36.3. The molecule has 0 aromatic heterocycles. The van der Waals surface area contributed by atoms with E-state index in [-0.39, 0.29) is 42.4 Å². The Labute approximate surface area is 320 Å². The summed E-state index contributed by atoms with van der Waals surface area (Å²) >= 11 is 0. The highest BCUT2D eigenvalue weighted by atomic mass is 19.4. The van der Waals surface area contributed by atoms with E-state index in [1.807, 2.05) is 19.1 Å². The number of esters is 1. The molecule has 0 amide bonds. The van der Waals surface area contributed by atoms with Crippen LogP contribution in [0.15, 0.2) is 71.9 Å². The van der Waals surface area contributed by atoms with Crippen molar-refractivity contribution in [2.24, 2.45) is 28.6 Å². The average molecular weight is 773 g/mol. The number of allylic oxidation sites excluding steroid dienone is 3. The maximum absolute atomic E-state index is 13.6. The van der Waals surface area contributed by atoms with Gasteiger partial charge < -0.3 is 34.6 Å². The Morgan fingerprint density at radius 1 is 1.09 bits per heavy atom. The zero-order chi connectivity index (χ0) is 39.8. The van der Waals surface area contributed by atoms with Gasteiger partial charge in [-0.3, -0.25) is 9.59 Å². The number of hydrogen-bond donors (Lipinski definition) is 4. The molecule has 3 fully saturated rings. The summed E-state index contributed by atoms with van der Waals surface area (Å²) in [6.45, 7) is 6.24. The van der Waals surface area contributed by atoms with Crippen LogP contribution in [-0.4, -0.2) is 81.5 Å². The van der Waals surface area contributed by atoms with Crippen molar-refractivity contribution in [2.45, 2.75) is 121 Å². The van der Waals surface area contributed by atoms with Crippen molar-refractivity contribution < 1.29 is 57.4 Å². The fourth-order valence-electron chi connectivity index (χ4n) is 10.4. The number of ether oxygens (including phenoxy) is 3. The van der Waals surface area contributed by atoms with Crippen LogP contribution in [-0.2, 0) is 25.2 Å². The topological polar surface area (TPSA) is 143 Å². The lowest BCUT2D eigenvalue weighted by Gasteiger charge is -2.58. The Morgan fingerprint density at radius 2 is 1.87 bits per heavy atom. The van der Waals surface area contributed by atoms with Gasteiger partial charge in [0.15, 0.2) is 6.61 Å². The third-order valence-corrected chi connectivity index (χ3v) is 13.6. The van der Waals surface area contributed by atoms with Gasteiger partial charge in [-0.25, -0.2) is 0 Å². The van der Waals surface area contributed by atoms with Crippen LogP contribution in [0.3, 0.4) is 0 Å². The summed E-state index contributed by atoms with van der Waals surface area (Å²) in [7, 11) is 0. The molecule has 0 radical (unpaired) electrons. The highest BCUT2D eigenvalue weighted by Gasteiger charge is 2.68. The summed E-state index contributed by atoms with van der Waals surface area (Å²) in [5.74, 6) is -1.72. The molecule has 1 aromatic rings. The maximum atomic E-state index is 13.6. The number of aliphatic hydroxyl groups excluding tert-OH is 3. The van der Waals surface area contributed by atoms with Crippen molar-refractivity contribution in [3.8, 4) is 5.75 Å². The van der Waals surface area contributed by atoms with Gasteiger partial charge in [-0.1, -0.05) is 56.4 Å². The quantitative estimate of drug-likeness (QED) is 0.0938. The van der Waals surface area contributed by atoms with E-state index in [2.05, 4.69) is 26.0 Å². The fraction of sp³-hybridized carbons (Fsp3) is 0.628. The highest BCUT2D eigenvalue weighted by molar-refractivity contribution is 5.91. The number of ketones is 1. The van der Waals surface area contributed by atoms with Crippen molar-refractivity contribution in [2.75, 3.05) is 19.8 Å². The molecular weight excluding hydrogens is 717 g/mol. The molecule has 1 aliphatic heterocycles. The molecule has 0 spiro atoms. The average Bonchev–Trinajstić information content (AvgIpc) is 3.75. The Kier molecular flexibility index (Phi) is 12.0. The first kappa shape index (κ1) is 41.3. The number of Topliss-reactive ketones (excluding diaryl/α,β-unsaturated/α-hetero) is 1. The fourth-order valence-corrected chi connectivity index (χ4v) is 10.4. The number of carbonyl (C=O) groups excluding carboxylic acids is 2. The second-order valence-electron chi connectivity index (χ2n) is 16.8. The van der Waals surface area contributed by atoms with Crippen molar-refractivity contribution in [3.63, 3.8) is 0 Å². The van der Waals surface area contributed by atoms with Crippen LogP contribution in [0, 0.1) is 28.6 Å². The molecule has 0 saturated heterocycles. The molecule has 10 atom stereocenters. The number of rotatable bonds is 14. The Morgan fingerprint density at radius 3 is 2.64 bits per heavy atom. The number of unbranched alkanes of at least 4 members (excludes halogenated alkanes) is 1. The molecule has 55 heavy (non-hydrogen) atoms. The van der Waals surface area contributed by atoms with Crippen LogP contribution in [0.2, 0.25) is 0 Å². The number of carbonyl (C=O) groups is 2. The number of aliphatic hydroxyl groups is 4. The first-order valence-electron chi connectivity index (χ1n) is 19.6. The number of halogens is 3. The van der Waals surface area contributed by atoms with Gasteiger partial charge >= 0.3 is 12.1 Å². The SMILES string of the molecule is CC12OCC=C1CC[C@]1(C)C2=CC[C@@]2(C)[C@H]1CC[C@]2(O)C(=O)COC(=O)CCC/C=C\C[C@@H]1[C@@H](/C=C/[C@@H](O)COc2cccc(C(F)(F)F)c2)[C@H](O)C[C@@H]1O. The molecule has 302 valence electrons. The van der Waals surface area contributed by atoms with Crippen LogP contribution in [0.5, 0.6) is 5.75 Å². The zero-order valence-electron chi connectivity index (χ0n) is 31.9. The van der Waals surface area contributed by atoms with E-state index in [0.29, 0.717) is 45.1 Å². The highest BCUT2D eigenvalue weighted by Crippen LogP contribution is 2.68. The van der Waals surface area contributed by atoms with Crippen molar-refractivity contribution >= 4 is 11.8 Å². The van der Waals surface area contributed by atoms with E-state index in [4.69, 9.17) is 14.2 Å². The lowest BCUT2D eigenvalue weighted by atomic mass is 9.48. The van der Waals surface area contributed by atoms with E-state index < -0.39 is 70.9 Å². The number of alkyl halides is 3. The third-order valence-electron chi connectivity index (χ3n) is 13.6. The van der Waals surface area contributed by atoms with E-state index >= 15 is 0 Å². The van der Waals surface area contributed by atoms with Crippen LogP contribution in [0.4, 0.5) is 13.2 Å². The molecule has 1 heterocycles. The van der Waals surface area contributed by atoms with Gasteiger partial charge in [-0.05, 0) is 105 Å². The minimum absolute atomic E-state index is 0.0337. The minimum atomic E-state index is -4.52. The monoisotopic (exact) mass is 772 g/mol. The molecule has 4 aliphatic carbocycles. The molecule has 1 unspecified atom stereocenters. The molecule has 5 aliphatic rings. The Balaban J connectivity index is 0.931. The summed E-state index contributed by atoms with van der Waals surface area (Å²) in [5.41, 5.74) is -1.17. The first-order chi connectivity index (χ1) is 25.9. The molecule has 0 bridgehead atoms. The zero-order valence-corrected chi connectivity index (χ0v) is 31.9. The summed E-state index contributed by atoms with van der Waals surface area (Å²) in [6.07, 6.45) is 9.00. The van der Waals surface area contributed by atoms with Crippen molar-refractivity contribution in [1.29, 1.82) is 0 Å². The van der Waals surface area contributed by atoms with Crippen LogP contribution >= 0.6 is 0 Å². The smallest absolute Gasteiger partial charge is 0.416 e. The van der Waals surface area contributed by atoms with Gasteiger partial charge in [0, 0.05) is 24.2 Å². The van der Waals surface area contributed by atoms with Gasteiger partial charge in [0.1, 0.15) is 29.7 Å². The Bertz CT molecular complexity index is 1720. The third kappa shape index (κ3) is 7.99. The number of hydrogen-bond acceptors (Lipinski definition) is 9. The van der Waals surface area contributed by atoms with Gasteiger partial charge in [0.2, 0.25) is 5.78 Å². The standard InChI is InChI=1S/C43H55F3O9/c1-39-19-15-27-18-22-55-41(27,3)36(39)16-20-40(2)35(39)17-21-42(40,52)37(50)26-54-38(51)12-7-5-4-6-11-31-32(34(49)24-33(31)48)14-13-29(47)25-53-30-10-8-9-28(23-30)43(44,45)46/h4,6,8-10,13-14,16,18,23,29,31-35,47-49,52H,5,7,11-12,15,17,19-22,24-26H2,1-3H3/b6-4-,14-13+/t29-,31-,32-,33+,34-,35+,39+,40+,41?,42+/m1/s1. The largest absolute Gasteiger partial charge is 0.491 e. The lowest BCUT2D eigenvalue weighted by Crippen LogP contribution is -2.58. The van der Waals surface area contributed by atoms with Gasteiger partial charge in [-0.15, -0.1) is 0 Å². The number of fused-ring (bicyclic) bond motifs is 5. The predicted octanol–water partition coefficient (Wildman–Crippen LogP) is 6.58. The summed E-state index contributed by atoms with van der Waals surface area (Å²) < 4.78 is 55.9. The van der Waals surface area contributed by atoms with E-state index in [0.717, 1.165) is 25.0 Å². The molecule has 3 saturated carbocycles. The number of benzene rings is 1. The van der Waals surface area contributed by atoms with Crippen molar-refractivity contribution in [3.05, 3.63) is 77.4 Å². The van der Waals surface area contributed by atoms with Gasteiger partial charge in [0.05, 0.1) is 24.4 Å². The lowest BCUT2D eigenvalue weighted by molar-refractivity contribution is -0.165. The summed E-state index contributed by atoms with van der Waals surface area (Å²) in [6, 6.07) is 4.37. The molecular formula is C43H55F3O9. The first-order valence-corrected chi connectivity index (χ1v) is 19.6. The van der Waals surface area contributed by atoms with E-state index in [1.54, 1.807) is 6.08 Å².